The summed E-state index contributed by atoms with van der Waals surface area (Å²) in [7, 11) is 1.92. The van der Waals surface area contributed by atoms with Gasteiger partial charge < -0.3 is 15.5 Å². The van der Waals surface area contributed by atoms with Crippen LogP contribution in [-0.4, -0.2) is 52.7 Å². The number of carbonyl (C=O) groups is 1. The lowest BCUT2D eigenvalue weighted by Crippen LogP contribution is -2.40. The molecule has 1 fully saturated rings. The highest BCUT2D eigenvalue weighted by Crippen LogP contribution is 2.17. The van der Waals surface area contributed by atoms with Crippen molar-refractivity contribution in [2.45, 2.75) is 26.3 Å². The van der Waals surface area contributed by atoms with E-state index in [2.05, 4.69) is 32.9 Å². The molecule has 1 saturated heterocycles. The van der Waals surface area contributed by atoms with Crippen molar-refractivity contribution in [2.24, 2.45) is 18.0 Å². The number of amides is 1. The first-order valence-corrected chi connectivity index (χ1v) is 9.96. The molecule has 2 aromatic rings. The summed E-state index contributed by atoms with van der Waals surface area (Å²) in [5, 5.41) is 10.8. The highest BCUT2D eigenvalue weighted by atomic mass is 16.2. The maximum Gasteiger partial charge on any atom is 0.223 e. The van der Waals surface area contributed by atoms with Crippen LogP contribution in [0.3, 0.4) is 0 Å². The Morgan fingerprint density at radius 2 is 2.07 bits per heavy atom. The van der Waals surface area contributed by atoms with Gasteiger partial charge in [0.05, 0.1) is 12.2 Å². The van der Waals surface area contributed by atoms with Gasteiger partial charge >= 0.3 is 0 Å². The lowest BCUT2D eigenvalue weighted by Gasteiger charge is -2.18. The third-order valence-corrected chi connectivity index (χ3v) is 5.03. The lowest BCUT2D eigenvalue weighted by atomic mass is 10.1. The maximum atomic E-state index is 12.3. The molecule has 2 N–H and O–H groups in total. The quantitative estimate of drug-likeness (QED) is 0.537. The molecule has 150 valence electrons. The molecule has 0 radical (unpaired) electrons. The predicted octanol–water partition coefficient (Wildman–Crippen LogP) is 1.57. The zero-order valence-corrected chi connectivity index (χ0v) is 16.8. The van der Waals surface area contributed by atoms with E-state index in [4.69, 9.17) is 0 Å². The fraction of sp³-hybridized carbons (Fsp3) is 0.476. The van der Waals surface area contributed by atoms with Crippen molar-refractivity contribution in [3.63, 3.8) is 0 Å². The van der Waals surface area contributed by atoms with Gasteiger partial charge in [0.1, 0.15) is 0 Å². The minimum Gasteiger partial charge on any atom is -0.357 e. The van der Waals surface area contributed by atoms with Crippen LogP contribution in [0.25, 0.3) is 0 Å². The SMILES string of the molecule is CCNC(=NCc1ccnn1C)NCC1CC(=O)N(CCc2ccccc2)C1. The first-order valence-electron chi connectivity index (χ1n) is 9.96. The number of hydrogen-bond donors (Lipinski definition) is 2. The van der Waals surface area contributed by atoms with Gasteiger partial charge in [0, 0.05) is 51.8 Å². The van der Waals surface area contributed by atoms with E-state index in [0.717, 1.165) is 44.3 Å². The van der Waals surface area contributed by atoms with Gasteiger partial charge in [0.15, 0.2) is 5.96 Å². The van der Waals surface area contributed by atoms with Gasteiger partial charge in [-0.25, -0.2) is 4.99 Å². The van der Waals surface area contributed by atoms with Crippen LogP contribution in [0.15, 0.2) is 47.6 Å². The van der Waals surface area contributed by atoms with Crippen molar-refractivity contribution >= 4 is 11.9 Å². The summed E-state index contributed by atoms with van der Waals surface area (Å²) in [5.41, 5.74) is 2.33. The van der Waals surface area contributed by atoms with Gasteiger partial charge in [-0.15, -0.1) is 0 Å². The Morgan fingerprint density at radius 1 is 1.25 bits per heavy atom. The highest BCUT2D eigenvalue weighted by Gasteiger charge is 2.29. The zero-order valence-electron chi connectivity index (χ0n) is 16.8. The van der Waals surface area contributed by atoms with E-state index >= 15 is 0 Å². The fourth-order valence-electron chi connectivity index (χ4n) is 3.41. The van der Waals surface area contributed by atoms with Crippen molar-refractivity contribution in [1.82, 2.24) is 25.3 Å². The molecule has 7 nitrogen and oxygen atoms in total. The second-order valence-corrected chi connectivity index (χ2v) is 7.17. The van der Waals surface area contributed by atoms with Crippen LogP contribution in [0.2, 0.25) is 0 Å². The molecule has 1 aliphatic rings. The molecule has 1 atom stereocenters. The molecule has 3 rings (SSSR count). The van der Waals surface area contributed by atoms with Crippen LogP contribution < -0.4 is 10.6 Å². The molecule has 1 amide bonds. The molecule has 28 heavy (non-hydrogen) atoms. The van der Waals surface area contributed by atoms with Crippen LogP contribution in [0.5, 0.6) is 0 Å². The van der Waals surface area contributed by atoms with E-state index in [1.54, 1.807) is 6.20 Å². The summed E-state index contributed by atoms with van der Waals surface area (Å²) in [5.74, 6) is 1.34. The number of carbonyl (C=O) groups excluding carboxylic acids is 1. The van der Waals surface area contributed by atoms with Gasteiger partial charge in [-0.3, -0.25) is 9.48 Å². The molecule has 1 unspecified atom stereocenters. The van der Waals surface area contributed by atoms with Gasteiger partial charge in [-0.05, 0) is 25.0 Å². The number of hydrogen-bond acceptors (Lipinski definition) is 3. The molecule has 0 aliphatic carbocycles. The maximum absolute atomic E-state index is 12.3. The van der Waals surface area contributed by atoms with Crippen molar-refractivity contribution in [3.8, 4) is 0 Å². The summed E-state index contributed by atoms with van der Waals surface area (Å²) in [6, 6.07) is 12.3. The van der Waals surface area contributed by atoms with E-state index in [9.17, 15) is 4.79 Å². The molecule has 1 aromatic heterocycles. The Hall–Kier alpha value is -2.83. The molecular formula is C21H30N6O. The Kier molecular flexibility index (Phi) is 7.06. The fourth-order valence-corrected chi connectivity index (χ4v) is 3.41. The smallest absolute Gasteiger partial charge is 0.223 e. The number of aliphatic imine (C=N–C) groups is 1. The summed E-state index contributed by atoms with van der Waals surface area (Å²) in [6.07, 6.45) is 3.28. The van der Waals surface area contributed by atoms with Gasteiger partial charge in [0.2, 0.25) is 5.91 Å². The van der Waals surface area contributed by atoms with Crippen molar-refractivity contribution < 1.29 is 4.79 Å². The summed E-state index contributed by atoms with van der Waals surface area (Å²) < 4.78 is 1.83. The number of nitrogens with one attached hydrogen (secondary N) is 2. The molecule has 7 heteroatoms. The van der Waals surface area contributed by atoms with E-state index in [-0.39, 0.29) is 5.91 Å². The molecule has 0 bridgehead atoms. The predicted molar refractivity (Wildman–Crippen MR) is 111 cm³/mol. The third-order valence-electron chi connectivity index (χ3n) is 5.03. The van der Waals surface area contributed by atoms with E-state index in [1.165, 1.54) is 5.56 Å². The topological polar surface area (TPSA) is 74.5 Å². The largest absolute Gasteiger partial charge is 0.357 e. The summed E-state index contributed by atoms with van der Waals surface area (Å²) >= 11 is 0. The number of aromatic nitrogens is 2. The number of nitrogens with zero attached hydrogens (tertiary/aromatic N) is 4. The number of benzene rings is 1. The average Bonchev–Trinajstić information content (AvgIpc) is 3.28. The minimum atomic E-state index is 0.250. The molecule has 2 heterocycles. The van der Waals surface area contributed by atoms with E-state index < -0.39 is 0 Å². The lowest BCUT2D eigenvalue weighted by molar-refractivity contribution is -0.127. The van der Waals surface area contributed by atoms with Crippen LogP contribution >= 0.6 is 0 Å². The minimum absolute atomic E-state index is 0.250. The number of guanidine groups is 1. The number of rotatable bonds is 8. The second kappa shape index (κ2) is 9.92. The summed E-state index contributed by atoms with van der Waals surface area (Å²) in [4.78, 5) is 18.9. The van der Waals surface area contributed by atoms with Crippen LogP contribution in [0.4, 0.5) is 0 Å². The van der Waals surface area contributed by atoms with Crippen LogP contribution in [0, 0.1) is 5.92 Å². The Morgan fingerprint density at radius 3 is 2.79 bits per heavy atom. The highest BCUT2D eigenvalue weighted by molar-refractivity contribution is 5.81. The van der Waals surface area contributed by atoms with Gasteiger partial charge in [-0.1, -0.05) is 30.3 Å². The van der Waals surface area contributed by atoms with Gasteiger partial charge in [0.25, 0.3) is 0 Å². The first kappa shape index (κ1) is 19.9. The normalized spacial score (nSPS) is 17.2. The molecule has 1 aromatic carbocycles. The van der Waals surface area contributed by atoms with Gasteiger partial charge in [-0.2, -0.15) is 5.10 Å². The van der Waals surface area contributed by atoms with Crippen LogP contribution in [-0.2, 0) is 24.8 Å². The van der Waals surface area contributed by atoms with Crippen molar-refractivity contribution in [2.75, 3.05) is 26.2 Å². The Labute approximate surface area is 166 Å². The molecule has 1 aliphatic heterocycles. The monoisotopic (exact) mass is 382 g/mol. The van der Waals surface area contributed by atoms with E-state index in [0.29, 0.717) is 18.9 Å². The van der Waals surface area contributed by atoms with E-state index in [1.807, 2.05) is 47.8 Å². The summed E-state index contributed by atoms with van der Waals surface area (Å²) in [6.45, 7) is 5.74. The molecule has 0 saturated carbocycles. The van der Waals surface area contributed by atoms with Crippen molar-refractivity contribution in [1.29, 1.82) is 0 Å². The first-order chi connectivity index (χ1) is 13.7. The number of aryl methyl sites for hydroxylation is 1. The molecule has 0 spiro atoms. The standard InChI is InChI=1S/C21H30N6O/c1-3-22-21(24-15-19-9-11-25-26(19)2)23-14-18-13-20(28)27(16-18)12-10-17-7-5-4-6-8-17/h4-9,11,18H,3,10,12-16H2,1-2H3,(H2,22,23,24). The molecular weight excluding hydrogens is 352 g/mol. The Bertz CT molecular complexity index is 785. The second-order valence-electron chi connectivity index (χ2n) is 7.17. The Balaban J connectivity index is 1.47. The van der Waals surface area contributed by atoms with Crippen molar-refractivity contribution in [3.05, 3.63) is 53.9 Å². The average molecular weight is 383 g/mol. The van der Waals surface area contributed by atoms with Crippen LogP contribution in [0.1, 0.15) is 24.6 Å². The third kappa shape index (κ3) is 5.58. The zero-order chi connectivity index (χ0) is 19.8. The number of likely N-dealkylation sites (tertiary alicyclic amines) is 1.